The number of aromatic nitrogens is 10. The summed E-state index contributed by atoms with van der Waals surface area (Å²) in [6.45, 7) is 1.52. The lowest BCUT2D eigenvalue weighted by molar-refractivity contribution is 0.712. The monoisotopic (exact) mass is 708 g/mol. The highest BCUT2D eigenvalue weighted by Crippen LogP contribution is 2.22. The van der Waals surface area contributed by atoms with Gasteiger partial charge in [-0.05, 0) is 82.3 Å². The van der Waals surface area contributed by atoms with Crippen LogP contribution in [0.3, 0.4) is 0 Å². The van der Waals surface area contributed by atoms with Gasteiger partial charge in [0.25, 0.3) is 0 Å². The third-order valence-electron chi connectivity index (χ3n) is 6.97. The Bertz CT molecular complexity index is 2260. The van der Waals surface area contributed by atoms with Crippen molar-refractivity contribution in [2.24, 2.45) is 0 Å². The summed E-state index contributed by atoms with van der Waals surface area (Å²) in [6.07, 6.45) is 6.32. The number of nitrogens with zero attached hydrogens (tertiary/aromatic N) is 10. The average molecular weight is 710 g/mol. The van der Waals surface area contributed by atoms with E-state index >= 15 is 0 Å². The summed E-state index contributed by atoms with van der Waals surface area (Å²) in [5.41, 5.74) is 12.0. The Hall–Kier alpha value is -5.69. The molecule has 0 amide bonds. The van der Waals surface area contributed by atoms with Gasteiger partial charge in [-0.3, -0.25) is 9.36 Å². The molecule has 8 rings (SSSR count). The molecule has 0 radical (unpaired) electrons. The summed E-state index contributed by atoms with van der Waals surface area (Å²) in [5.74, 6) is 0.408. The van der Waals surface area contributed by atoms with Crippen molar-refractivity contribution in [2.45, 2.75) is 13.1 Å². The van der Waals surface area contributed by atoms with Crippen LogP contribution in [-0.2, 0) is 13.1 Å². The molecule has 0 unspecified atom stereocenters. The first-order valence-electron chi connectivity index (χ1n) is 14.8. The molecule has 0 saturated carbocycles. The van der Waals surface area contributed by atoms with E-state index in [1.54, 1.807) is 0 Å². The average Bonchev–Trinajstić information content (AvgIpc) is 3.69. The molecule has 0 atom stereocenters. The zero-order valence-corrected chi connectivity index (χ0v) is 27.9. The molecule has 0 spiro atoms. The zero-order chi connectivity index (χ0) is 34.0. The Morgan fingerprint density at radius 2 is 1.08 bits per heavy atom. The van der Waals surface area contributed by atoms with E-state index in [2.05, 4.69) is 69.7 Å². The minimum Gasteiger partial charge on any atom is -0.399 e. The van der Waals surface area contributed by atoms with Crippen molar-refractivity contribution in [3.05, 3.63) is 149 Å². The number of benzene rings is 4. The second kappa shape index (κ2) is 15.9. The fourth-order valence-electron chi connectivity index (χ4n) is 4.76. The molecule has 49 heavy (non-hydrogen) atoms. The highest BCUT2D eigenvalue weighted by atomic mass is 35.5. The van der Waals surface area contributed by atoms with Crippen LogP contribution in [0.4, 0.5) is 17.3 Å². The van der Waals surface area contributed by atoms with Gasteiger partial charge in [0.2, 0.25) is 21.8 Å². The molecule has 0 aliphatic heterocycles. The fourth-order valence-corrected chi connectivity index (χ4v) is 5.17. The number of nitrogens with one attached hydrogen (secondary N) is 1. The normalized spacial score (nSPS) is 10.6. The quantitative estimate of drug-likeness (QED) is 0.166. The van der Waals surface area contributed by atoms with E-state index in [1.165, 1.54) is 23.8 Å². The largest absolute Gasteiger partial charge is 0.399 e. The Labute approximate surface area is 295 Å². The van der Waals surface area contributed by atoms with Crippen LogP contribution in [-0.4, -0.2) is 49.5 Å². The van der Waals surface area contributed by atoms with Crippen molar-refractivity contribution >= 4 is 73.9 Å². The minimum atomic E-state index is 0.116. The third kappa shape index (κ3) is 9.23. The number of nitrogen functional groups attached to an aromatic ring is 1. The fraction of sp³-hybridized carbons (Fsp3) is 0.0588. The lowest BCUT2D eigenvalue weighted by atomic mass is 10.2. The third-order valence-corrected chi connectivity index (χ3v) is 7.52. The molecular formula is C34H27Cl3N12. The number of nitrogens with two attached hydrogens (primary N) is 1. The van der Waals surface area contributed by atoms with Crippen LogP contribution in [0.25, 0.3) is 21.8 Å². The molecule has 4 aromatic carbocycles. The van der Waals surface area contributed by atoms with Crippen LogP contribution < -0.4 is 11.1 Å². The maximum Gasteiger partial charge on any atom is 0.231 e. The number of halogens is 3. The van der Waals surface area contributed by atoms with Crippen LogP contribution in [0.1, 0.15) is 11.1 Å². The number of hydrogen-bond donors (Lipinski definition) is 2. The first-order chi connectivity index (χ1) is 23.9. The van der Waals surface area contributed by atoms with Crippen molar-refractivity contribution in [1.29, 1.82) is 0 Å². The second-order valence-electron chi connectivity index (χ2n) is 10.4. The van der Waals surface area contributed by atoms with Crippen molar-refractivity contribution in [1.82, 2.24) is 49.5 Å². The highest BCUT2D eigenvalue weighted by Gasteiger charge is 2.07. The first kappa shape index (κ1) is 33.2. The number of fused-ring (bicyclic) bond motifs is 2. The summed E-state index contributed by atoms with van der Waals surface area (Å²) in [5, 5.41) is 14.5. The van der Waals surface area contributed by atoms with Crippen LogP contribution in [0.5, 0.6) is 0 Å². The summed E-state index contributed by atoms with van der Waals surface area (Å²) >= 11 is 16.4. The lowest BCUT2D eigenvalue weighted by Gasteiger charge is -2.06. The van der Waals surface area contributed by atoms with Crippen molar-refractivity contribution < 1.29 is 0 Å². The molecule has 3 N–H and O–H groups in total. The Balaban J connectivity index is 0.000000144. The topological polar surface area (TPSA) is 151 Å². The van der Waals surface area contributed by atoms with Gasteiger partial charge in [0.05, 0.1) is 36.5 Å². The standard InChI is InChI=1S/C17H13ClN6.C14H13N3.C3HCl2N3/c18-16-19-11-20-17(23-16)22-14-6-7-15-13(8-14)9-21-24(15)10-12-4-2-1-3-5-12;15-13-6-7-14-12(8-13)9-16-17(14)10-11-4-2-1-3-5-11;4-2-6-1-7-3(5)8-2/h1-9,11H,10H2,(H,19,20,22,23);1-9H,10,15H2;1H. The Morgan fingerprint density at radius 1 is 0.571 bits per heavy atom. The maximum absolute atomic E-state index is 5.77. The Morgan fingerprint density at radius 3 is 1.61 bits per heavy atom. The minimum absolute atomic E-state index is 0.116. The van der Waals surface area contributed by atoms with Crippen LogP contribution >= 0.6 is 34.8 Å². The van der Waals surface area contributed by atoms with E-state index in [0.29, 0.717) is 5.95 Å². The number of rotatable bonds is 6. The van der Waals surface area contributed by atoms with Gasteiger partial charge in [0.15, 0.2) is 0 Å². The van der Waals surface area contributed by atoms with Gasteiger partial charge in [-0.2, -0.15) is 20.2 Å². The van der Waals surface area contributed by atoms with Gasteiger partial charge in [-0.25, -0.2) is 19.9 Å². The van der Waals surface area contributed by atoms with Gasteiger partial charge >= 0.3 is 0 Å². The smallest absolute Gasteiger partial charge is 0.231 e. The van der Waals surface area contributed by atoms with Crippen molar-refractivity contribution in [3.8, 4) is 0 Å². The van der Waals surface area contributed by atoms with E-state index < -0.39 is 0 Å². The Kier molecular flexibility index (Phi) is 10.8. The molecule has 244 valence electrons. The van der Waals surface area contributed by atoms with Gasteiger partial charge in [-0.1, -0.05) is 60.7 Å². The molecule has 0 saturated heterocycles. The molecule has 0 fully saturated rings. The number of hydrogen-bond acceptors (Lipinski definition) is 10. The molecule has 0 aliphatic carbocycles. The van der Waals surface area contributed by atoms with E-state index in [-0.39, 0.29) is 15.9 Å². The van der Waals surface area contributed by atoms with Crippen LogP contribution in [0.15, 0.2) is 122 Å². The molecule has 4 heterocycles. The van der Waals surface area contributed by atoms with E-state index in [0.717, 1.165) is 46.3 Å². The predicted molar refractivity (Wildman–Crippen MR) is 193 cm³/mol. The maximum atomic E-state index is 5.77. The van der Waals surface area contributed by atoms with Crippen LogP contribution in [0, 0.1) is 0 Å². The molecule has 12 nitrogen and oxygen atoms in total. The van der Waals surface area contributed by atoms with Crippen molar-refractivity contribution in [3.63, 3.8) is 0 Å². The molecule has 0 aliphatic rings. The second-order valence-corrected chi connectivity index (χ2v) is 11.4. The van der Waals surface area contributed by atoms with E-state index in [4.69, 9.17) is 40.5 Å². The molecule has 8 aromatic rings. The lowest BCUT2D eigenvalue weighted by Crippen LogP contribution is -2.01. The van der Waals surface area contributed by atoms with Gasteiger partial charge in [-0.15, -0.1) is 0 Å². The summed E-state index contributed by atoms with van der Waals surface area (Å²) in [4.78, 5) is 22.3. The van der Waals surface area contributed by atoms with E-state index in [1.807, 2.05) is 94.6 Å². The van der Waals surface area contributed by atoms with Crippen molar-refractivity contribution in [2.75, 3.05) is 11.1 Å². The predicted octanol–water partition coefficient (Wildman–Crippen LogP) is 7.51. The molecule has 15 heteroatoms. The van der Waals surface area contributed by atoms with Crippen LogP contribution in [0.2, 0.25) is 15.9 Å². The van der Waals surface area contributed by atoms with E-state index in [9.17, 15) is 0 Å². The van der Waals surface area contributed by atoms with Gasteiger partial charge in [0.1, 0.15) is 12.7 Å². The van der Waals surface area contributed by atoms with Gasteiger partial charge < -0.3 is 11.1 Å². The highest BCUT2D eigenvalue weighted by molar-refractivity contribution is 6.30. The first-order valence-corrected chi connectivity index (χ1v) is 15.9. The molecular weight excluding hydrogens is 683 g/mol. The zero-order valence-electron chi connectivity index (χ0n) is 25.6. The van der Waals surface area contributed by atoms with Gasteiger partial charge in [0, 0.05) is 22.1 Å². The SMILES string of the molecule is Clc1ncnc(Cl)n1.Clc1ncnc(Nc2ccc3c(cnn3Cc3ccccc3)c2)n1.Nc1ccc2c(cnn2Cc2ccccc2)c1. The summed E-state index contributed by atoms with van der Waals surface area (Å²) < 4.78 is 3.97. The number of anilines is 3. The summed E-state index contributed by atoms with van der Waals surface area (Å²) in [7, 11) is 0. The molecule has 0 bridgehead atoms. The summed E-state index contributed by atoms with van der Waals surface area (Å²) in [6, 6.07) is 32.4. The molecule has 4 aromatic heterocycles.